The molecule has 0 unspecified atom stereocenters. The molecular formula is C23H25F2N3O2. The van der Waals surface area contributed by atoms with Crippen LogP contribution in [0, 0.1) is 11.6 Å². The highest BCUT2D eigenvalue weighted by Gasteiger charge is 2.36. The molecule has 7 heteroatoms. The average Bonchev–Trinajstić information content (AvgIpc) is 3.12. The van der Waals surface area contributed by atoms with Gasteiger partial charge >= 0.3 is 0 Å². The zero-order chi connectivity index (χ0) is 20.8. The second-order valence-electron chi connectivity index (χ2n) is 8.19. The molecule has 2 aliphatic rings. The second-order valence-corrected chi connectivity index (χ2v) is 8.19. The third kappa shape index (κ3) is 3.37. The first kappa shape index (κ1) is 19.5. The lowest BCUT2D eigenvalue weighted by Crippen LogP contribution is -2.50. The van der Waals surface area contributed by atoms with Gasteiger partial charge in [-0.1, -0.05) is 0 Å². The summed E-state index contributed by atoms with van der Waals surface area (Å²) in [6.45, 7) is 2.13. The van der Waals surface area contributed by atoms with Gasteiger partial charge in [-0.25, -0.2) is 8.78 Å². The van der Waals surface area contributed by atoms with E-state index in [1.807, 2.05) is 6.07 Å². The van der Waals surface area contributed by atoms with Crippen LogP contribution in [0.25, 0.3) is 10.9 Å². The Labute approximate surface area is 173 Å². The van der Waals surface area contributed by atoms with E-state index in [-0.39, 0.29) is 11.6 Å². The van der Waals surface area contributed by atoms with Crippen LogP contribution < -0.4 is 10.5 Å². The number of ether oxygens (including phenoxy) is 2. The van der Waals surface area contributed by atoms with E-state index in [2.05, 4.69) is 22.0 Å². The summed E-state index contributed by atoms with van der Waals surface area (Å²) in [5, 5.41) is 1.21. The number of nitrogens with one attached hydrogen (secondary N) is 1. The van der Waals surface area contributed by atoms with Crippen molar-refractivity contribution in [1.29, 1.82) is 0 Å². The highest BCUT2D eigenvalue weighted by molar-refractivity contribution is 5.86. The SMILES string of the molecule is COc1ccc2[nH]c3c(c2c1)CCN([C@H]1CO[C@H](c2cc(F)ccc2F)[C@@H](N)C1)C3. The summed E-state index contributed by atoms with van der Waals surface area (Å²) in [5.41, 5.74) is 10.2. The fourth-order valence-electron chi connectivity index (χ4n) is 4.83. The van der Waals surface area contributed by atoms with Crippen molar-refractivity contribution in [3.05, 3.63) is 64.9 Å². The third-order valence-electron chi connectivity index (χ3n) is 6.39. The van der Waals surface area contributed by atoms with Crippen LogP contribution >= 0.6 is 0 Å². The summed E-state index contributed by atoms with van der Waals surface area (Å²) in [7, 11) is 1.68. The molecule has 3 aromatic rings. The Morgan fingerprint density at radius 1 is 1.20 bits per heavy atom. The van der Waals surface area contributed by atoms with Crippen LogP contribution in [0.3, 0.4) is 0 Å². The van der Waals surface area contributed by atoms with Crippen LogP contribution in [-0.2, 0) is 17.7 Å². The molecule has 1 saturated heterocycles. The van der Waals surface area contributed by atoms with Crippen LogP contribution in [0.5, 0.6) is 5.75 Å². The molecule has 0 amide bonds. The Morgan fingerprint density at radius 2 is 2.07 bits per heavy atom. The largest absolute Gasteiger partial charge is 0.497 e. The van der Waals surface area contributed by atoms with Gasteiger partial charge in [0.2, 0.25) is 0 Å². The summed E-state index contributed by atoms with van der Waals surface area (Å²) in [4.78, 5) is 5.90. The number of fused-ring (bicyclic) bond motifs is 3. The topological polar surface area (TPSA) is 63.5 Å². The number of rotatable bonds is 3. The van der Waals surface area contributed by atoms with Gasteiger partial charge in [0, 0.05) is 47.3 Å². The summed E-state index contributed by atoms with van der Waals surface area (Å²) < 4.78 is 39.1. The quantitative estimate of drug-likeness (QED) is 0.688. The Balaban J connectivity index is 1.32. The van der Waals surface area contributed by atoms with E-state index in [1.165, 1.54) is 22.7 Å². The lowest BCUT2D eigenvalue weighted by atomic mass is 9.92. The Bertz CT molecular complexity index is 1080. The van der Waals surface area contributed by atoms with Gasteiger partial charge in [-0.15, -0.1) is 0 Å². The first-order valence-electron chi connectivity index (χ1n) is 10.3. The number of benzene rings is 2. The summed E-state index contributed by atoms with van der Waals surface area (Å²) >= 11 is 0. The molecular weight excluding hydrogens is 388 g/mol. The van der Waals surface area contributed by atoms with Crippen molar-refractivity contribution in [2.24, 2.45) is 5.73 Å². The summed E-state index contributed by atoms with van der Waals surface area (Å²) in [6, 6.07) is 9.26. The van der Waals surface area contributed by atoms with Crippen molar-refractivity contribution in [2.45, 2.75) is 37.6 Å². The first-order valence-corrected chi connectivity index (χ1v) is 10.3. The van der Waals surface area contributed by atoms with E-state index in [0.717, 1.165) is 42.9 Å². The van der Waals surface area contributed by atoms with E-state index in [1.54, 1.807) is 7.11 Å². The third-order valence-corrected chi connectivity index (χ3v) is 6.39. The predicted octanol–water partition coefficient (Wildman–Crippen LogP) is 3.67. The molecule has 158 valence electrons. The Hall–Kier alpha value is -2.48. The minimum Gasteiger partial charge on any atom is -0.497 e. The summed E-state index contributed by atoms with van der Waals surface area (Å²) in [6.07, 6.45) is 0.970. The number of nitrogens with zero attached hydrogens (tertiary/aromatic N) is 1. The van der Waals surface area contributed by atoms with Gasteiger partial charge < -0.3 is 20.2 Å². The molecule has 3 heterocycles. The Morgan fingerprint density at radius 3 is 2.87 bits per heavy atom. The maximum atomic E-state index is 14.2. The molecule has 5 rings (SSSR count). The van der Waals surface area contributed by atoms with Crippen molar-refractivity contribution >= 4 is 10.9 Å². The molecule has 2 aromatic carbocycles. The number of nitrogens with two attached hydrogens (primary N) is 1. The Kier molecular flexibility index (Phi) is 4.97. The van der Waals surface area contributed by atoms with Crippen molar-refractivity contribution in [3.63, 3.8) is 0 Å². The zero-order valence-corrected chi connectivity index (χ0v) is 16.8. The molecule has 5 nitrogen and oxygen atoms in total. The fraction of sp³-hybridized carbons (Fsp3) is 0.391. The zero-order valence-electron chi connectivity index (χ0n) is 16.8. The normalized spacial score (nSPS) is 24.7. The smallest absolute Gasteiger partial charge is 0.129 e. The van der Waals surface area contributed by atoms with Crippen LogP contribution in [-0.4, -0.2) is 42.2 Å². The van der Waals surface area contributed by atoms with Gasteiger partial charge in [0.25, 0.3) is 0 Å². The maximum absolute atomic E-state index is 14.2. The van der Waals surface area contributed by atoms with Crippen molar-refractivity contribution < 1.29 is 18.3 Å². The highest BCUT2D eigenvalue weighted by Crippen LogP contribution is 2.35. The minimum atomic E-state index is -0.627. The van der Waals surface area contributed by atoms with E-state index in [0.29, 0.717) is 13.0 Å². The van der Waals surface area contributed by atoms with Crippen LogP contribution in [0.15, 0.2) is 36.4 Å². The van der Waals surface area contributed by atoms with Crippen LogP contribution in [0.1, 0.15) is 29.3 Å². The molecule has 1 fully saturated rings. The van der Waals surface area contributed by atoms with Gasteiger partial charge in [-0.3, -0.25) is 4.90 Å². The molecule has 1 aromatic heterocycles. The van der Waals surface area contributed by atoms with Crippen molar-refractivity contribution in [1.82, 2.24) is 9.88 Å². The van der Waals surface area contributed by atoms with Crippen LogP contribution in [0.2, 0.25) is 0 Å². The molecule has 0 radical (unpaired) electrons. The predicted molar refractivity (Wildman–Crippen MR) is 110 cm³/mol. The molecule has 0 saturated carbocycles. The van der Waals surface area contributed by atoms with E-state index >= 15 is 0 Å². The number of aromatic nitrogens is 1. The molecule has 3 atom stereocenters. The summed E-state index contributed by atoms with van der Waals surface area (Å²) in [5.74, 6) is -0.108. The van der Waals surface area contributed by atoms with Gasteiger partial charge in [0.05, 0.1) is 13.7 Å². The number of methoxy groups -OCH3 is 1. The molecule has 0 aliphatic carbocycles. The van der Waals surface area contributed by atoms with Crippen LogP contribution in [0.4, 0.5) is 8.78 Å². The number of hydrogen-bond acceptors (Lipinski definition) is 4. The van der Waals surface area contributed by atoms with Crippen molar-refractivity contribution in [3.8, 4) is 5.75 Å². The van der Waals surface area contributed by atoms with Gasteiger partial charge in [-0.05, 0) is 54.8 Å². The molecule has 2 aliphatic heterocycles. The fourth-order valence-corrected chi connectivity index (χ4v) is 4.83. The van der Waals surface area contributed by atoms with Gasteiger partial charge in [0.15, 0.2) is 0 Å². The number of aromatic amines is 1. The molecule has 0 spiro atoms. The maximum Gasteiger partial charge on any atom is 0.129 e. The molecule has 30 heavy (non-hydrogen) atoms. The van der Waals surface area contributed by atoms with E-state index in [4.69, 9.17) is 15.2 Å². The lowest BCUT2D eigenvalue weighted by molar-refractivity contribution is -0.0549. The number of halogens is 2. The monoisotopic (exact) mass is 413 g/mol. The first-order chi connectivity index (χ1) is 14.5. The number of H-pyrrole nitrogens is 1. The van der Waals surface area contributed by atoms with Gasteiger partial charge in [-0.2, -0.15) is 0 Å². The number of hydrogen-bond donors (Lipinski definition) is 2. The minimum absolute atomic E-state index is 0.141. The van der Waals surface area contributed by atoms with E-state index < -0.39 is 23.8 Å². The molecule has 0 bridgehead atoms. The second kappa shape index (κ2) is 7.65. The standard InChI is InChI=1S/C23H25F2N3O2/c1-29-15-3-5-21-17(10-15)16-6-7-28(11-22(16)27-21)14-9-20(26)23(30-12-14)18-8-13(24)2-4-19(18)25/h2-5,8,10,14,20,23,27H,6-7,9,11-12,26H2,1H3/t14-,20+,23-/m1/s1. The average molecular weight is 413 g/mol. The molecule has 3 N–H and O–H groups in total. The van der Waals surface area contributed by atoms with Gasteiger partial charge in [0.1, 0.15) is 23.5 Å². The van der Waals surface area contributed by atoms with E-state index in [9.17, 15) is 8.78 Å². The van der Waals surface area contributed by atoms with Crippen molar-refractivity contribution in [2.75, 3.05) is 20.3 Å². The lowest BCUT2D eigenvalue weighted by Gasteiger charge is -2.41. The highest BCUT2D eigenvalue weighted by atomic mass is 19.1.